The number of carbonyl (C=O) groups excluding carboxylic acids is 2. The second kappa shape index (κ2) is 11.5. The number of nitrogens with zero attached hydrogens (tertiary/aromatic N) is 6. The summed E-state index contributed by atoms with van der Waals surface area (Å²) in [5.74, 6) is 1.28. The van der Waals surface area contributed by atoms with Crippen LogP contribution in [0.5, 0.6) is 0 Å². The van der Waals surface area contributed by atoms with Crippen LogP contribution in [0, 0.1) is 0 Å². The van der Waals surface area contributed by atoms with Gasteiger partial charge >= 0.3 is 6.09 Å². The number of piperazine rings is 1. The van der Waals surface area contributed by atoms with Crippen molar-refractivity contribution < 1.29 is 23.6 Å². The summed E-state index contributed by atoms with van der Waals surface area (Å²) < 4.78 is 16.5. The summed E-state index contributed by atoms with van der Waals surface area (Å²) in [6.45, 7) is 9.06. The van der Waals surface area contributed by atoms with Crippen LogP contribution in [0.1, 0.15) is 44.2 Å². The highest BCUT2D eigenvalue weighted by molar-refractivity contribution is 6.07. The van der Waals surface area contributed by atoms with Crippen LogP contribution in [-0.4, -0.2) is 97.2 Å². The number of nitrogens with one attached hydrogen (secondary N) is 2. The minimum absolute atomic E-state index is 0.0501. The molecule has 1 aliphatic heterocycles. The van der Waals surface area contributed by atoms with Gasteiger partial charge in [-0.05, 0) is 52.8 Å². The molecule has 0 radical (unpaired) electrons. The van der Waals surface area contributed by atoms with Crippen LogP contribution < -0.4 is 20.4 Å². The standard InChI is InChI=1S/C28H38N8O5/c1-28(2,3)40-27(38)35(5)18-16-21(30-20-8-7-9-22(31-20)36-14-12-34(4)13-15-36)32-24-23(18)33-41-25(24)26(37)29-17-10-11-19(17)39-6/h7-9,16-17,19H,10-15H2,1-6H3,(H,29,37)(H,30,31,32)/t17-,19-/m1/s1. The number of pyridine rings is 2. The van der Waals surface area contributed by atoms with E-state index in [1.165, 1.54) is 4.90 Å². The topological polar surface area (TPSA) is 138 Å². The van der Waals surface area contributed by atoms with Crippen molar-refractivity contribution in [3.05, 3.63) is 30.0 Å². The Hall–Kier alpha value is -3.97. The third-order valence-corrected chi connectivity index (χ3v) is 7.30. The second-order valence-electron chi connectivity index (χ2n) is 11.5. The fourth-order valence-electron chi connectivity index (χ4n) is 4.79. The molecule has 1 saturated carbocycles. The molecule has 2 fully saturated rings. The number of anilines is 4. The number of amides is 2. The van der Waals surface area contributed by atoms with Crippen LogP contribution in [0.15, 0.2) is 28.8 Å². The molecule has 5 rings (SSSR count). The van der Waals surface area contributed by atoms with Crippen LogP contribution in [0.2, 0.25) is 0 Å². The van der Waals surface area contributed by atoms with Crippen molar-refractivity contribution in [3.8, 4) is 0 Å². The van der Waals surface area contributed by atoms with Gasteiger partial charge < -0.3 is 34.4 Å². The third-order valence-electron chi connectivity index (χ3n) is 7.30. The van der Waals surface area contributed by atoms with Crippen molar-refractivity contribution in [2.75, 3.05) is 62.5 Å². The molecule has 0 bridgehead atoms. The lowest BCUT2D eigenvalue weighted by molar-refractivity contribution is 0.00677. The summed E-state index contributed by atoms with van der Waals surface area (Å²) in [4.78, 5) is 41.5. The molecule has 220 valence electrons. The van der Waals surface area contributed by atoms with E-state index in [4.69, 9.17) is 19.0 Å². The number of likely N-dealkylation sites (N-methyl/N-ethyl adjacent to an activating group) is 1. The molecule has 1 saturated heterocycles. The maximum atomic E-state index is 13.2. The number of hydrogen-bond donors (Lipinski definition) is 2. The van der Waals surface area contributed by atoms with Gasteiger partial charge in [0.1, 0.15) is 28.6 Å². The first kappa shape index (κ1) is 28.6. The second-order valence-corrected chi connectivity index (χ2v) is 11.5. The predicted molar refractivity (Wildman–Crippen MR) is 155 cm³/mol. The van der Waals surface area contributed by atoms with Crippen LogP contribution in [-0.2, 0) is 9.47 Å². The van der Waals surface area contributed by atoms with Crippen molar-refractivity contribution in [2.24, 2.45) is 0 Å². The lowest BCUT2D eigenvalue weighted by atomic mass is 9.89. The Morgan fingerprint density at radius 1 is 1.07 bits per heavy atom. The molecule has 13 nitrogen and oxygen atoms in total. The SMILES string of the molecule is CO[C@@H]1CC[C@H]1NC(=O)c1onc2c(N(C)C(=O)OC(C)(C)C)cc(Nc3cccc(N4CCN(C)CC4)n3)nc12. The molecule has 3 aromatic heterocycles. The van der Waals surface area contributed by atoms with Gasteiger partial charge in [-0.25, -0.2) is 14.8 Å². The number of carbonyl (C=O) groups is 2. The number of fused-ring (bicyclic) bond motifs is 1. The number of ether oxygens (including phenoxy) is 2. The van der Waals surface area contributed by atoms with Gasteiger partial charge in [0.05, 0.1) is 17.8 Å². The lowest BCUT2D eigenvalue weighted by Gasteiger charge is -2.35. The Morgan fingerprint density at radius 2 is 1.83 bits per heavy atom. The Morgan fingerprint density at radius 3 is 2.49 bits per heavy atom. The summed E-state index contributed by atoms with van der Waals surface area (Å²) in [5, 5.41) is 10.3. The van der Waals surface area contributed by atoms with E-state index in [1.54, 1.807) is 41.0 Å². The molecule has 3 aromatic rings. The molecule has 2 N–H and O–H groups in total. The molecule has 0 aromatic carbocycles. The number of methoxy groups -OCH3 is 1. The summed E-state index contributed by atoms with van der Waals surface area (Å²) in [7, 11) is 5.31. The Kier molecular flexibility index (Phi) is 8.00. The fourth-order valence-corrected chi connectivity index (χ4v) is 4.79. The van der Waals surface area contributed by atoms with Gasteiger partial charge in [0.2, 0.25) is 5.76 Å². The van der Waals surface area contributed by atoms with Crippen LogP contribution in [0.4, 0.5) is 27.9 Å². The van der Waals surface area contributed by atoms with E-state index in [0.717, 1.165) is 44.8 Å². The summed E-state index contributed by atoms with van der Waals surface area (Å²) in [6, 6.07) is 7.28. The van der Waals surface area contributed by atoms with Crippen LogP contribution in [0.25, 0.3) is 11.0 Å². The highest BCUT2D eigenvalue weighted by Crippen LogP contribution is 2.32. The molecule has 13 heteroatoms. The average Bonchev–Trinajstić information content (AvgIpc) is 3.34. The van der Waals surface area contributed by atoms with E-state index < -0.39 is 17.6 Å². The van der Waals surface area contributed by atoms with Crippen molar-refractivity contribution in [3.63, 3.8) is 0 Å². The van der Waals surface area contributed by atoms with E-state index in [1.807, 2.05) is 18.2 Å². The Labute approximate surface area is 239 Å². The molecule has 0 unspecified atom stereocenters. The molecule has 41 heavy (non-hydrogen) atoms. The third kappa shape index (κ3) is 6.35. The monoisotopic (exact) mass is 566 g/mol. The van der Waals surface area contributed by atoms with E-state index in [2.05, 4.69) is 37.6 Å². The Bertz CT molecular complexity index is 1410. The van der Waals surface area contributed by atoms with Gasteiger partial charge in [-0.15, -0.1) is 0 Å². The molecule has 0 spiro atoms. The highest BCUT2D eigenvalue weighted by Gasteiger charge is 2.34. The quantitative estimate of drug-likeness (QED) is 0.435. The van der Waals surface area contributed by atoms with Gasteiger partial charge in [-0.3, -0.25) is 9.69 Å². The van der Waals surface area contributed by atoms with Gasteiger partial charge in [0.25, 0.3) is 5.91 Å². The van der Waals surface area contributed by atoms with Crippen molar-refractivity contribution >= 4 is 46.2 Å². The number of aromatic nitrogens is 3. The van der Waals surface area contributed by atoms with Gasteiger partial charge in [0.15, 0.2) is 5.52 Å². The smallest absolute Gasteiger partial charge is 0.414 e. The summed E-state index contributed by atoms with van der Waals surface area (Å²) in [6.07, 6.45) is 1.04. The fraction of sp³-hybridized carbons (Fsp3) is 0.536. The summed E-state index contributed by atoms with van der Waals surface area (Å²) in [5.41, 5.74) is 0.122. The highest BCUT2D eigenvalue weighted by atomic mass is 16.6. The largest absolute Gasteiger partial charge is 0.443 e. The maximum absolute atomic E-state index is 13.2. The minimum Gasteiger partial charge on any atom is -0.443 e. The molecule has 2 aliphatic rings. The normalized spacial score (nSPS) is 19.5. The van der Waals surface area contributed by atoms with E-state index in [9.17, 15) is 9.59 Å². The zero-order chi connectivity index (χ0) is 29.3. The van der Waals surface area contributed by atoms with Crippen molar-refractivity contribution in [2.45, 2.75) is 51.4 Å². The predicted octanol–water partition coefficient (Wildman–Crippen LogP) is 3.39. The minimum atomic E-state index is -0.707. The molecule has 2 amide bonds. The van der Waals surface area contributed by atoms with Gasteiger partial charge in [-0.2, -0.15) is 0 Å². The zero-order valence-corrected chi connectivity index (χ0v) is 24.4. The average molecular weight is 567 g/mol. The van der Waals surface area contributed by atoms with E-state index in [0.29, 0.717) is 17.3 Å². The number of rotatable bonds is 7. The van der Waals surface area contributed by atoms with E-state index >= 15 is 0 Å². The van der Waals surface area contributed by atoms with Gasteiger partial charge in [0, 0.05) is 46.4 Å². The first-order chi connectivity index (χ1) is 19.5. The molecular weight excluding hydrogens is 528 g/mol. The zero-order valence-electron chi connectivity index (χ0n) is 24.4. The Balaban J connectivity index is 1.48. The lowest BCUT2D eigenvalue weighted by Crippen LogP contribution is -2.51. The first-order valence-corrected chi connectivity index (χ1v) is 13.8. The molecular formula is C28H38N8O5. The van der Waals surface area contributed by atoms with E-state index in [-0.39, 0.29) is 28.9 Å². The molecule has 2 atom stereocenters. The number of hydrogen-bond acceptors (Lipinski definition) is 11. The first-order valence-electron chi connectivity index (χ1n) is 13.8. The van der Waals surface area contributed by atoms with Crippen LogP contribution in [0.3, 0.4) is 0 Å². The summed E-state index contributed by atoms with van der Waals surface area (Å²) >= 11 is 0. The van der Waals surface area contributed by atoms with Crippen molar-refractivity contribution in [1.82, 2.24) is 25.3 Å². The maximum Gasteiger partial charge on any atom is 0.414 e. The van der Waals surface area contributed by atoms with Crippen molar-refractivity contribution in [1.29, 1.82) is 0 Å². The molecule has 1 aliphatic carbocycles. The van der Waals surface area contributed by atoms with Gasteiger partial charge in [-0.1, -0.05) is 11.2 Å². The molecule has 4 heterocycles. The van der Waals surface area contributed by atoms with Crippen LogP contribution >= 0.6 is 0 Å².